The van der Waals surface area contributed by atoms with E-state index >= 15 is 0 Å². The normalized spacial score (nSPS) is 28.5. The summed E-state index contributed by atoms with van der Waals surface area (Å²) in [4.78, 5) is 42.8. The second kappa shape index (κ2) is 11.6. The molecule has 8 N–H and O–H groups in total. The van der Waals surface area contributed by atoms with E-state index in [1.54, 1.807) is 0 Å². The van der Waals surface area contributed by atoms with Crippen LogP contribution in [0.25, 0.3) is 0 Å². The van der Waals surface area contributed by atoms with Gasteiger partial charge in [0.25, 0.3) is 0 Å². The average molecular weight is 509 g/mol. The molecule has 3 saturated carbocycles. The van der Waals surface area contributed by atoms with Crippen molar-refractivity contribution < 1.29 is 24.3 Å². The third-order valence-corrected chi connectivity index (χ3v) is 9.30. The van der Waals surface area contributed by atoms with Crippen molar-refractivity contribution in [3.63, 3.8) is 0 Å². The van der Waals surface area contributed by atoms with E-state index in [2.05, 4.69) is 41.9 Å². The monoisotopic (exact) mass is 508 g/mol. The molecule has 3 rings (SSSR count). The van der Waals surface area contributed by atoms with Crippen LogP contribution in [0.2, 0.25) is 0 Å². The van der Waals surface area contributed by atoms with Gasteiger partial charge < -0.3 is 37.4 Å². The molecule has 11 heteroatoms. The Labute approximate surface area is 213 Å². The first-order valence-corrected chi connectivity index (χ1v) is 13.2. The van der Waals surface area contributed by atoms with Crippen molar-refractivity contribution in [1.29, 1.82) is 0 Å². The van der Waals surface area contributed by atoms with E-state index in [0.29, 0.717) is 18.3 Å². The van der Waals surface area contributed by atoms with Crippen LogP contribution in [0.3, 0.4) is 0 Å². The maximum atomic E-state index is 13.5. The molecule has 0 aromatic carbocycles. The van der Waals surface area contributed by atoms with Crippen LogP contribution in [0.4, 0.5) is 4.79 Å². The van der Waals surface area contributed by atoms with Crippen molar-refractivity contribution in [2.45, 2.75) is 103 Å². The molecule has 0 spiro atoms. The number of fused-ring (bicyclic) bond motifs is 2. The molecule has 0 aromatic heterocycles. The Morgan fingerprint density at radius 1 is 1.06 bits per heavy atom. The Kier molecular flexibility index (Phi) is 8.94. The predicted octanol–water partition coefficient (Wildman–Crippen LogP) is 2.00. The second-order valence-corrected chi connectivity index (χ2v) is 11.6. The summed E-state index contributed by atoms with van der Waals surface area (Å²) in [5.41, 5.74) is 10.5. The molecule has 204 valence electrons. The number of amides is 3. The lowest BCUT2D eigenvalue weighted by Crippen LogP contribution is -2.57. The van der Waals surface area contributed by atoms with Gasteiger partial charge in [0, 0.05) is 12.5 Å². The molecule has 0 aromatic rings. The minimum atomic E-state index is -1.22. The Balaban J connectivity index is 1.63. The van der Waals surface area contributed by atoms with Crippen LogP contribution in [-0.2, 0) is 14.4 Å². The lowest BCUT2D eigenvalue weighted by Gasteiger charge is -2.40. The summed E-state index contributed by atoms with van der Waals surface area (Å²) in [6.07, 6.45) is 9.22. The van der Waals surface area contributed by atoms with Crippen molar-refractivity contribution in [1.82, 2.24) is 16.0 Å². The molecule has 5 atom stereocenters. The highest BCUT2D eigenvalue weighted by Crippen LogP contribution is 2.65. The van der Waals surface area contributed by atoms with Gasteiger partial charge in [-0.3, -0.25) is 4.79 Å². The standard InChI is InChI=1S/C25H44N6O5/c1-24(2)16-9-11-25(24,3)19(14-16)30-20(32)18(13-15-7-5-4-6-8-15)29-23(35)28-17(21(33)34)10-12-36-31-22(26)27/h15-19H,4-14H2,1-3H3,(H,30,32)(H,33,34)(H4,26,27,31)(H2,28,29,35)/t16?,17-,18+,19-,25-/m0/s1. The maximum absolute atomic E-state index is 13.5. The molecule has 0 radical (unpaired) electrons. The van der Waals surface area contributed by atoms with Crippen LogP contribution in [0.15, 0.2) is 5.16 Å². The topological polar surface area (TPSA) is 181 Å². The van der Waals surface area contributed by atoms with Gasteiger partial charge in [-0.2, -0.15) is 0 Å². The Bertz CT molecular complexity index is 839. The number of nitrogens with two attached hydrogens (primary N) is 2. The first-order valence-electron chi connectivity index (χ1n) is 13.2. The van der Waals surface area contributed by atoms with Gasteiger partial charge >= 0.3 is 12.0 Å². The highest BCUT2D eigenvalue weighted by Gasteiger charge is 2.61. The molecular formula is C25H44N6O5. The van der Waals surface area contributed by atoms with Crippen molar-refractivity contribution >= 4 is 23.9 Å². The fourth-order valence-corrected chi connectivity index (χ4v) is 6.59. The molecule has 3 fully saturated rings. The molecule has 11 nitrogen and oxygen atoms in total. The lowest BCUT2D eigenvalue weighted by molar-refractivity contribution is -0.139. The van der Waals surface area contributed by atoms with Crippen LogP contribution in [0.5, 0.6) is 0 Å². The van der Waals surface area contributed by atoms with Crippen molar-refractivity contribution in [2.75, 3.05) is 6.61 Å². The van der Waals surface area contributed by atoms with Crippen LogP contribution in [0.1, 0.15) is 85.0 Å². The van der Waals surface area contributed by atoms with E-state index in [1.165, 1.54) is 12.8 Å². The van der Waals surface area contributed by atoms with Crippen LogP contribution in [0, 0.1) is 22.7 Å². The number of guanidine groups is 1. The number of hydrogen-bond acceptors (Lipinski definition) is 5. The molecule has 0 heterocycles. The smallest absolute Gasteiger partial charge is 0.326 e. The van der Waals surface area contributed by atoms with Gasteiger partial charge in [0.1, 0.15) is 18.7 Å². The zero-order chi connectivity index (χ0) is 26.5. The number of nitrogens with one attached hydrogen (secondary N) is 3. The van der Waals surface area contributed by atoms with Gasteiger partial charge in [-0.05, 0) is 53.5 Å². The zero-order valence-corrected chi connectivity index (χ0v) is 21.8. The van der Waals surface area contributed by atoms with Crippen molar-refractivity contribution in [3.05, 3.63) is 0 Å². The first-order chi connectivity index (χ1) is 16.9. The molecule has 0 saturated heterocycles. The summed E-state index contributed by atoms with van der Waals surface area (Å²) in [5.74, 6) is -0.752. The van der Waals surface area contributed by atoms with E-state index < -0.39 is 24.1 Å². The summed E-state index contributed by atoms with van der Waals surface area (Å²) < 4.78 is 0. The summed E-state index contributed by atoms with van der Waals surface area (Å²) in [5, 5.41) is 21.3. The third-order valence-electron chi connectivity index (χ3n) is 9.30. The molecule has 3 aliphatic carbocycles. The van der Waals surface area contributed by atoms with Crippen molar-refractivity contribution in [2.24, 2.45) is 39.3 Å². The number of carbonyl (C=O) groups excluding carboxylic acids is 2. The molecule has 36 heavy (non-hydrogen) atoms. The molecule has 0 aliphatic heterocycles. The summed E-state index contributed by atoms with van der Waals surface area (Å²) in [6, 6.07) is -2.58. The van der Waals surface area contributed by atoms with E-state index in [4.69, 9.17) is 16.3 Å². The van der Waals surface area contributed by atoms with Gasteiger partial charge in [0.05, 0.1) is 0 Å². The fraction of sp³-hybridized carbons (Fsp3) is 0.840. The molecule has 3 aliphatic rings. The number of hydrogen-bond donors (Lipinski definition) is 6. The molecule has 3 amide bonds. The summed E-state index contributed by atoms with van der Waals surface area (Å²) >= 11 is 0. The number of aliphatic carboxylic acids is 1. The van der Waals surface area contributed by atoms with Gasteiger partial charge in [-0.15, -0.1) is 0 Å². The van der Waals surface area contributed by atoms with E-state index in [9.17, 15) is 19.5 Å². The van der Waals surface area contributed by atoms with E-state index in [1.807, 2.05) is 0 Å². The molecule has 2 bridgehead atoms. The van der Waals surface area contributed by atoms with Gasteiger partial charge in [0.2, 0.25) is 11.9 Å². The lowest BCUT2D eigenvalue weighted by atomic mass is 9.69. The highest BCUT2D eigenvalue weighted by molar-refractivity contribution is 5.89. The Morgan fingerprint density at radius 2 is 1.72 bits per heavy atom. The highest BCUT2D eigenvalue weighted by atomic mass is 16.6. The SMILES string of the molecule is CC1(C)C2CC[C@@]1(C)[C@@H](NC(=O)[C@@H](CC1CCCCC1)NC(=O)N[C@@H](CCON=C(N)N)C(=O)O)C2. The third kappa shape index (κ3) is 6.34. The predicted molar refractivity (Wildman–Crippen MR) is 136 cm³/mol. The molecule has 1 unspecified atom stereocenters. The first kappa shape index (κ1) is 27.9. The van der Waals surface area contributed by atoms with Crippen molar-refractivity contribution in [3.8, 4) is 0 Å². The number of rotatable bonds is 11. The van der Waals surface area contributed by atoms with Crippen LogP contribution < -0.4 is 27.4 Å². The maximum Gasteiger partial charge on any atom is 0.326 e. The number of oxime groups is 1. The second-order valence-electron chi connectivity index (χ2n) is 11.6. The fourth-order valence-electron chi connectivity index (χ4n) is 6.59. The van der Waals surface area contributed by atoms with Gasteiger partial charge in [0.15, 0.2) is 0 Å². The van der Waals surface area contributed by atoms with Crippen LogP contribution in [-0.4, -0.2) is 53.7 Å². The molecular weight excluding hydrogens is 464 g/mol. The number of carbonyl (C=O) groups is 3. The largest absolute Gasteiger partial charge is 0.480 e. The van der Waals surface area contributed by atoms with E-state index in [-0.39, 0.29) is 41.8 Å². The summed E-state index contributed by atoms with van der Waals surface area (Å²) in [6.45, 7) is 6.76. The Morgan fingerprint density at radius 3 is 2.28 bits per heavy atom. The number of carboxylic acids is 1. The quantitative estimate of drug-likeness (QED) is 0.107. The summed E-state index contributed by atoms with van der Waals surface area (Å²) in [7, 11) is 0. The minimum Gasteiger partial charge on any atom is -0.480 e. The Hall–Kier alpha value is -2.72. The van der Waals surface area contributed by atoms with E-state index in [0.717, 1.165) is 38.5 Å². The number of carboxylic acid groups (broad SMARTS) is 1. The minimum absolute atomic E-state index is 0.0226. The number of urea groups is 1. The zero-order valence-electron chi connectivity index (χ0n) is 21.8. The number of nitrogens with zero attached hydrogens (tertiary/aromatic N) is 1. The van der Waals surface area contributed by atoms with Crippen LogP contribution >= 0.6 is 0 Å². The van der Waals surface area contributed by atoms with Gasteiger partial charge in [-0.25, -0.2) is 9.59 Å². The average Bonchev–Trinajstić information content (AvgIpc) is 3.14. The van der Waals surface area contributed by atoms with Gasteiger partial charge in [-0.1, -0.05) is 52.9 Å².